The number of rotatable bonds is 4. The number of carboxylic acid groups (broad SMARTS) is 1. The van der Waals surface area contributed by atoms with Crippen LogP contribution in [0.15, 0.2) is 36.4 Å². The molecule has 0 bridgehead atoms. The SMILES string of the molecule is Cc1cc(C)c(O)c(C(Nc2ccc(C#N)cc2)C(=O)O)c1. The van der Waals surface area contributed by atoms with Crippen LogP contribution in [0.3, 0.4) is 0 Å². The predicted molar refractivity (Wildman–Crippen MR) is 82.7 cm³/mol. The number of aromatic hydroxyl groups is 1. The van der Waals surface area contributed by atoms with Crippen molar-refractivity contribution in [2.45, 2.75) is 19.9 Å². The first-order valence-electron chi connectivity index (χ1n) is 6.72. The standard InChI is InChI=1S/C17H16N2O3/c1-10-7-11(2)16(20)14(8-10)15(17(21)22)19-13-5-3-12(9-18)4-6-13/h3-8,15,19-20H,1-2H3,(H,21,22). The third kappa shape index (κ3) is 3.18. The van der Waals surface area contributed by atoms with E-state index in [9.17, 15) is 15.0 Å². The molecule has 0 aliphatic carbocycles. The zero-order chi connectivity index (χ0) is 16.3. The van der Waals surface area contributed by atoms with E-state index in [2.05, 4.69) is 5.32 Å². The number of carboxylic acids is 1. The maximum absolute atomic E-state index is 11.6. The fraction of sp³-hybridized carbons (Fsp3) is 0.176. The molecule has 0 fully saturated rings. The van der Waals surface area contributed by atoms with E-state index in [4.69, 9.17) is 5.26 Å². The summed E-state index contributed by atoms with van der Waals surface area (Å²) in [6.07, 6.45) is 0. The molecule has 2 aromatic carbocycles. The lowest BCUT2D eigenvalue weighted by Crippen LogP contribution is -2.21. The Kier molecular flexibility index (Phi) is 4.33. The highest BCUT2D eigenvalue weighted by atomic mass is 16.4. The molecule has 3 N–H and O–H groups in total. The number of nitriles is 1. The maximum Gasteiger partial charge on any atom is 0.330 e. The van der Waals surface area contributed by atoms with Gasteiger partial charge in [-0.2, -0.15) is 5.26 Å². The average Bonchev–Trinajstić information content (AvgIpc) is 2.49. The van der Waals surface area contributed by atoms with Gasteiger partial charge in [0, 0.05) is 11.3 Å². The Morgan fingerprint density at radius 3 is 2.41 bits per heavy atom. The molecule has 22 heavy (non-hydrogen) atoms. The van der Waals surface area contributed by atoms with Gasteiger partial charge in [-0.15, -0.1) is 0 Å². The Morgan fingerprint density at radius 1 is 1.23 bits per heavy atom. The van der Waals surface area contributed by atoms with Crippen molar-refractivity contribution in [3.63, 3.8) is 0 Å². The van der Waals surface area contributed by atoms with Crippen LogP contribution in [0.2, 0.25) is 0 Å². The van der Waals surface area contributed by atoms with Gasteiger partial charge in [0.2, 0.25) is 0 Å². The van der Waals surface area contributed by atoms with Crippen LogP contribution in [-0.4, -0.2) is 16.2 Å². The molecule has 0 saturated heterocycles. The number of aryl methyl sites for hydroxylation is 2. The second-order valence-corrected chi connectivity index (χ2v) is 5.12. The minimum atomic E-state index is -1.09. The summed E-state index contributed by atoms with van der Waals surface area (Å²) in [6, 6.07) is 10.8. The monoisotopic (exact) mass is 296 g/mol. The van der Waals surface area contributed by atoms with Crippen molar-refractivity contribution in [3.8, 4) is 11.8 Å². The second-order valence-electron chi connectivity index (χ2n) is 5.12. The number of benzene rings is 2. The lowest BCUT2D eigenvalue weighted by Gasteiger charge is -2.19. The Balaban J connectivity index is 2.39. The smallest absolute Gasteiger partial charge is 0.330 e. The first-order valence-corrected chi connectivity index (χ1v) is 6.72. The van der Waals surface area contributed by atoms with Gasteiger partial charge in [-0.05, 0) is 49.7 Å². The van der Waals surface area contributed by atoms with Gasteiger partial charge < -0.3 is 15.5 Å². The molecule has 0 aliphatic heterocycles. The molecule has 0 aliphatic rings. The predicted octanol–water partition coefficient (Wildman–Crippen LogP) is 3.12. The zero-order valence-electron chi connectivity index (χ0n) is 12.3. The molecular formula is C17H16N2O3. The molecule has 0 aromatic heterocycles. The quantitative estimate of drug-likeness (QED) is 0.806. The number of hydrogen-bond donors (Lipinski definition) is 3. The highest BCUT2D eigenvalue weighted by Gasteiger charge is 2.24. The molecule has 5 nitrogen and oxygen atoms in total. The van der Waals surface area contributed by atoms with Crippen molar-refractivity contribution < 1.29 is 15.0 Å². The van der Waals surface area contributed by atoms with E-state index in [1.54, 1.807) is 43.3 Å². The Hall–Kier alpha value is -3.00. The minimum Gasteiger partial charge on any atom is -0.507 e. The second kappa shape index (κ2) is 6.19. The van der Waals surface area contributed by atoms with E-state index in [1.807, 2.05) is 13.0 Å². The maximum atomic E-state index is 11.6. The van der Waals surface area contributed by atoms with Crippen molar-refractivity contribution in [2.24, 2.45) is 0 Å². The van der Waals surface area contributed by atoms with Crippen LogP contribution in [0.25, 0.3) is 0 Å². The molecule has 1 atom stereocenters. The van der Waals surface area contributed by atoms with Crippen LogP contribution >= 0.6 is 0 Å². The topological polar surface area (TPSA) is 93.4 Å². The number of carbonyl (C=O) groups is 1. The summed E-state index contributed by atoms with van der Waals surface area (Å²) in [6.45, 7) is 3.57. The van der Waals surface area contributed by atoms with Crippen LogP contribution < -0.4 is 5.32 Å². The van der Waals surface area contributed by atoms with E-state index in [0.29, 0.717) is 22.4 Å². The summed E-state index contributed by atoms with van der Waals surface area (Å²) >= 11 is 0. The van der Waals surface area contributed by atoms with Gasteiger partial charge in [-0.1, -0.05) is 11.6 Å². The Morgan fingerprint density at radius 2 is 1.86 bits per heavy atom. The highest BCUT2D eigenvalue weighted by Crippen LogP contribution is 2.31. The van der Waals surface area contributed by atoms with Gasteiger partial charge in [0.15, 0.2) is 6.04 Å². The van der Waals surface area contributed by atoms with Crippen LogP contribution in [0.4, 0.5) is 5.69 Å². The molecule has 0 heterocycles. The molecule has 0 saturated carbocycles. The van der Waals surface area contributed by atoms with Gasteiger partial charge >= 0.3 is 5.97 Å². The molecule has 0 radical (unpaired) electrons. The zero-order valence-corrected chi connectivity index (χ0v) is 12.3. The number of hydrogen-bond acceptors (Lipinski definition) is 4. The summed E-state index contributed by atoms with van der Waals surface area (Å²) in [7, 11) is 0. The largest absolute Gasteiger partial charge is 0.507 e. The lowest BCUT2D eigenvalue weighted by atomic mass is 9.99. The Labute approximate surface area is 128 Å². The van der Waals surface area contributed by atoms with Gasteiger partial charge in [-0.3, -0.25) is 0 Å². The third-order valence-electron chi connectivity index (χ3n) is 3.36. The number of nitrogens with zero attached hydrogens (tertiary/aromatic N) is 1. The molecule has 2 rings (SSSR count). The van der Waals surface area contributed by atoms with Crippen molar-refractivity contribution in [2.75, 3.05) is 5.32 Å². The minimum absolute atomic E-state index is 0.0286. The summed E-state index contributed by atoms with van der Waals surface area (Å²) in [5.74, 6) is -1.12. The van der Waals surface area contributed by atoms with E-state index in [-0.39, 0.29) is 5.75 Å². The van der Waals surface area contributed by atoms with Gasteiger partial charge in [0.05, 0.1) is 11.6 Å². The van der Waals surface area contributed by atoms with Gasteiger partial charge in [-0.25, -0.2) is 4.79 Å². The van der Waals surface area contributed by atoms with E-state index in [0.717, 1.165) is 5.56 Å². The first kappa shape index (κ1) is 15.4. The Bertz CT molecular complexity index is 746. The van der Waals surface area contributed by atoms with Crippen LogP contribution in [0.1, 0.15) is 28.3 Å². The number of nitrogens with one attached hydrogen (secondary N) is 1. The lowest BCUT2D eigenvalue weighted by molar-refractivity contribution is -0.138. The van der Waals surface area contributed by atoms with Crippen LogP contribution in [0, 0.1) is 25.2 Å². The molecule has 1 unspecified atom stereocenters. The third-order valence-corrected chi connectivity index (χ3v) is 3.36. The van der Waals surface area contributed by atoms with Crippen molar-refractivity contribution in [1.29, 1.82) is 5.26 Å². The molecule has 5 heteroatoms. The van der Waals surface area contributed by atoms with Crippen molar-refractivity contribution >= 4 is 11.7 Å². The number of phenolic OH excluding ortho intramolecular Hbond substituents is 1. The molecule has 2 aromatic rings. The van der Waals surface area contributed by atoms with Crippen molar-refractivity contribution in [3.05, 3.63) is 58.7 Å². The summed E-state index contributed by atoms with van der Waals surface area (Å²) in [4.78, 5) is 11.6. The normalized spacial score (nSPS) is 11.5. The molecule has 112 valence electrons. The fourth-order valence-electron chi connectivity index (χ4n) is 2.29. The first-order chi connectivity index (χ1) is 10.4. The number of phenols is 1. The fourth-order valence-corrected chi connectivity index (χ4v) is 2.29. The highest BCUT2D eigenvalue weighted by molar-refractivity contribution is 5.80. The van der Waals surface area contributed by atoms with Crippen LogP contribution in [0.5, 0.6) is 5.75 Å². The number of anilines is 1. The van der Waals surface area contributed by atoms with E-state index >= 15 is 0 Å². The van der Waals surface area contributed by atoms with Gasteiger partial charge in [0.1, 0.15) is 5.75 Å². The summed E-state index contributed by atoms with van der Waals surface area (Å²) < 4.78 is 0. The van der Waals surface area contributed by atoms with E-state index < -0.39 is 12.0 Å². The number of aliphatic carboxylic acids is 1. The van der Waals surface area contributed by atoms with E-state index in [1.165, 1.54) is 0 Å². The summed E-state index contributed by atoms with van der Waals surface area (Å²) in [5, 5.41) is 31.3. The molecule has 0 amide bonds. The average molecular weight is 296 g/mol. The summed E-state index contributed by atoms with van der Waals surface area (Å²) in [5.41, 5.74) is 2.87. The van der Waals surface area contributed by atoms with Crippen molar-refractivity contribution in [1.82, 2.24) is 0 Å². The van der Waals surface area contributed by atoms with Crippen LogP contribution in [-0.2, 0) is 4.79 Å². The van der Waals surface area contributed by atoms with Gasteiger partial charge in [0.25, 0.3) is 0 Å². The molecular weight excluding hydrogens is 280 g/mol. The molecule has 0 spiro atoms.